The predicted octanol–water partition coefficient (Wildman–Crippen LogP) is 4.39. The van der Waals surface area contributed by atoms with E-state index in [-0.39, 0.29) is 5.97 Å². The Hall–Kier alpha value is -1.48. The summed E-state index contributed by atoms with van der Waals surface area (Å²) in [5, 5.41) is 0. The standard InChI is InChI=1S/C15H20O2S/c1-6-9-11-12(4)15(16)17-13(8-3)14(18-5)10-7-2/h6-11H,3H2,1-2,4-5H3/b9-6-,10-7-,12-11+,14-13-. The molecule has 0 saturated carbocycles. The highest BCUT2D eigenvalue weighted by molar-refractivity contribution is 8.02. The number of hydrogen-bond acceptors (Lipinski definition) is 3. The average molecular weight is 264 g/mol. The fraction of sp³-hybridized carbons (Fsp3) is 0.267. The van der Waals surface area contributed by atoms with Gasteiger partial charge in [-0.15, -0.1) is 11.8 Å². The molecule has 0 aromatic heterocycles. The van der Waals surface area contributed by atoms with Gasteiger partial charge in [-0.2, -0.15) is 0 Å². The van der Waals surface area contributed by atoms with Gasteiger partial charge in [-0.1, -0.05) is 30.9 Å². The van der Waals surface area contributed by atoms with Crippen molar-refractivity contribution >= 4 is 17.7 Å². The molecule has 2 nitrogen and oxygen atoms in total. The number of rotatable bonds is 6. The first kappa shape index (κ1) is 16.5. The summed E-state index contributed by atoms with van der Waals surface area (Å²) in [6.07, 6.45) is 12.6. The molecular formula is C15H20O2S. The highest BCUT2D eigenvalue weighted by Crippen LogP contribution is 2.21. The quantitative estimate of drug-likeness (QED) is 0.308. The molecule has 0 atom stereocenters. The van der Waals surface area contributed by atoms with E-state index in [4.69, 9.17) is 4.74 Å². The number of allylic oxidation sites excluding steroid dienone is 6. The van der Waals surface area contributed by atoms with Crippen molar-refractivity contribution in [1.82, 2.24) is 0 Å². The second kappa shape index (κ2) is 9.54. The summed E-state index contributed by atoms with van der Waals surface area (Å²) in [7, 11) is 0. The lowest BCUT2D eigenvalue weighted by atomic mass is 10.3. The van der Waals surface area contributed by atoms with Crippen LogP contribution in [0.3, 0.4) is 0 Å². The van der Waals surface area contributed by atoms with E-state index in [9.17, 15) is 4.79 Å². The summed E-state index contributed by atoms with van der Waals surface area (Å²) in [6.45, 7) is 9.19. The van der Waals surface area contributed by atoms with E-state index >= 15 is 0 Å². The van der Waals surface area contributed by atoms with Crippen LogP contribution < -0.4 is 0 Å². The monoisotopic (exact) mass is 264 g/mol. The van der Waals surface area contributed by atoms with Crippen LogP contribution in [0.25, 0.3) is 0 Å². The van der Waals surface area contributed by atoms with Crippen molar-refractivity contribution in [3.63, 3.8) is 0 Å². The van der Waals surface area contributed by atoms with Crippen molar-refractivity contribution in [3.05, 3.63) is 59.3 Å². The van der Waals surface area contributed by atoms with Gasteiger partial charge in [0, 0.05) is 10.5 Å². The minimum absolute atomic E-state index is 0.362. The van der Waals surface area contributed by atoms with Crippen molar-refractivity contribution in [3.8, 4) is 0 Å². The summed E-state index contributed by atoms with van der Waals surface area (Å²) in [5.41, 5.74) is 0.549. The first-order valence-corrected chi connectivity index (χ1v) is 6.88. The Bertz CT molecular complexity index is 412. The molecular weight excluding hydrogens is 244 g/mol. The molecule has 0 fully saturated rings. The largest absolute Gasteiger partial charge is 0.422 e. The number of thioether (sulfide) groups is 1. The summed E-state index contributed by atoms with van der Waals surface area (Å²) in [5.74, 6) is 0.123. The Morgan fingerprint density at radius 3 is 2.39 bits per heavy atom. The molecule has 0 unspecified atom stereocenters. The molecule has 0 aliphatic heterocycles. The molecule has 98 valence electrons. The fourth-order valence-electron chi connectivity index (χ4n) is 1.08. The highest BCUT2D eigenvalue weighted by atomic mass is 32.2. The molecule has 0 bridgehead atoms. The molecule has 0 aromatic carbocycles. The van der Waals surface area contributed by atoms with Crippen molar-refractivity contribution in [2.75, 3.05) is 6.26 Å². The van der Waals surface area contributed by atoms with Gasteiger partial charge in [-0.3, -0.25) is 0 Å². The number of ether oxygens (including phenoxy) is 1. The van der Waals surface area contributed by atoms with Crippen LogP contribution in [-0.4, -0.2) is 12.2 Å². The van der Waals surface area contributed by atoms with Crippen molar-refractivity contribution in [2.24, 2.45) is 0 Å². The van der Waals surface area contributed by atoms with Gasteiger partial charge in [-0.25, -0.2) is 4.79 Å². The van der Waals surface area contributed by atoms with Gasteiger partial charge in [-0.05, 0) is 39.2 Å². The molecule has 0 saturated heterocycles. The Morgan fingerprint density at radius 1 is 1.28 bits per heavy atom. The number of hydrogen-bond donors (Lipinski definition) is 0. The van der Waals surface area contributed by atoms with Gasteiger partial charge >= 0.3 is 5.97 Å². The maximum Gasteiger partial charge on any atom is 0.339 e. The van der Waals surface area contributed by atoms with E-state index in [2.05, 4.69) is 6.58 Å². The van der Waals surface area contributed by atoms with Crippen LogP contribution in [0, 0.1) is 0 Å². The van der Waals surface area contributed by atoms with Gasteiger partial charge in [0.2, 0.25) is 0 Å². The first-order valence-electron chi connectivity index (χ1n) is 5.65. The molecule has 0 spiro atoms. The van der Waals surface area contributed by atoms with Crippen LogP contribution >= 0.6 is 11.8 Å². The summed E-state index contributed by atoms with van der Waals surface area (Å²) in [6, 6.07) is 0. The minimum Gasteiger partial charge on any atom is -0.422 e. The lowest BCUT2D eigenvalue weighted by Gasteiger charge is -2.08. The van der Waals surface area contributed by atoms with Crippen LogP contribution in [-0.2, 0) is 9.53 Å². The van der Waals surface area contributed by atoms with Crippen LogP contribution in [0.5, 0.6) is 0 Å². The van der Waals surface area contributed by atoms with Gasteiger partial charge < -0.3 is 4.74 Å². The van der Waals surface area contributed by atoms with Gasteiger partial charge in [0.25, 0.3) is 0 Å². The molecule has 0 radical (unpaired) electrons. The lowest BCUT2D eigenvalue weighted by Crippen LogP contribution is -2.05. The van der Waals surface area contributed by atoms with Crippen LogP contribution in [0.4, 0.5) is 0 Å². The van der Waals surface area contributed by atoms with E-state index in [1.807, 2.05) is 38.3 Å². The van der Waals surface area contributed by atoms with E-state index in [1.165, 1.54) is 11.8 Å². The topological polar surface area (TPSA) is 26.3 Å². The molecule has 18 heavy (non-hydrogen) atoms. The van der Waals surface area contributed by atoms with E-state index < -0.39 is 0 Å². The molecule has 3 heteroatoms. The normalized spacial score (nSPS) is 13.9. The Labute approximate surface area is 114 Å². The van der Waals surface area contributed by atoms with E-state index in [1.54, 1.807) is 25.2 Å². The van der Waals surface area contributed by atoms with E-state index in [0.29, 0.717) is 11.3 Å². The predicted molar refractivity (Wildman–Crippen MR) is 80.2 cm³/mol. The second-order valence-corrected chi connectivity index (χ2v) is 4.25. The third-order valence-corrected chi connectivity index (χ3v) is 2.81. The fourth-order valence-corrected chi connectivity index (χ4v) is 1.68. The Kier molecular flexibility index (Phi) is 8.76. The maximum atomic E-state index is 11.8. The van der Waals surface area contributed by atoms with Crippen LogP contribution in [0.2, 0.25) is 0 Å². The second-order valence-electron chi connectivity index (χ2n) is 3.40. The van der Waals surface area contributed by atoms with Crippen molar-refractivity contribution in [2.45, 2.75) is 20.8 Å². The SMILES string of the molecule is C=C/C(OC(=O)/C(C)=C/C=C\C)=C(\C=C/C)SC. The number of carbonyl (C=O) groups excluding carboxylic acids is 1. The molecule has 0 rings (SSSR count). The minimum atomic E-state index is -0.362. The summed E-state index contributed by atoms with van der Waals surface area (Å²) in [4.78, 5) is 12.7. The van der Waals surface area contributed by atoms with Crippen LogP contribution in [0.1, 0.15) is 20.8 Å². The van der Waals surface area contributed by atoms with Crippen LogP contribution in [0.15, 0.2) is 59.3 Å². The Morgan fingerprint density at radius 2 is 1.94 bits per heavy atom. The maximum absolute atomic E-state index is 11.8. The first-order chi connectivity index (χ1) is 8.60. The van der Waals surface area contributed by atoms with Gasteiger partial charge in [0.1, 0.15) is 5.76 Å². The zero-order valence-corrected chi connectivity index (χ0v) is 12.2. The molecule has 0 aliphatic rings. The third kappa shape index (κ3) is 5.73. The lowest BCUT2D eigenvalue weighted by molar-refractivity contribution is -0.134. The zero-order valence-electron chi connectivity index (χ0n) is 11.4. The molecule has 0 aliphatic carbocycles. The molecule has 0 N–H and O–H groups in total. The average Bonchev–Trinajstić information content (AvgIpc) is 2.39. The molecule has 0 heterocycles. The smallest absolute Gasteiger partial charge is 0.339 e. The zero-order chi connectivity index (χ0) is 14.0. The summed E-state index contributed by atoms with van der Waals surface area (Å²) >= 11 is 1.51. The molecule has 0 amide bonds. The van der Waals surface area contributed by atoms with E-state index in [0.717, 1.165) is 4.91 Å². The number of carbonyl (C=O) groups is 1. The Balaban J connectivity index is 5.04. The molecule has 0 aromatic rings. The number of esters is 1. The summed E-state index contributed by atoms with van der Waals surface area (Å²) < 4.78 is 5.31. The third-order valence-electron chi connectivity index (χ3n) is 2.03. The van der Waals surface area contributed by atoms with Crippen molar-refractivity contribution in [1.29, 1.82) is 0 Å². The van der Waals surface area contributed by atoms with Crippen molar-refractivity contribution < 1.29 is 9.53 Å². The van der Waals surface area contributed by atoms with Gasteiger partial charge in [0.15, 0.2) is 0 Å². The highest BCUT2D eigenvalue weighted by Gasteiger charge is 2.09. The van der Waals surface area contributed by atoms with Gasteiger partial charge in [0.05, 0.1) is 0 Å².